The molecule has 6 heteroatoms. The molecule has 0 bridgehead atoms. The Labute approximate surface area is 158 Å². The second-order valence-corrected chi connectivity index (χ2v) is 6.51. The van der Waals surface area contributed by atoms with E-state index < -0.39 is 11.6 Å². The summed E-state index contributed by atoms with van der Waals surface area (Å²) in [6, 6.07) is 19.1. The van der Waals surface area contributed by atoms with Crippen LogP contribution in [0.2, 0.25) is 0 Å². The van der Waals surface area contributed by atoms with Gasteiger partial charge < -0.3 is 14.9 Å². The van der Waals surface area contributed by atoms with Gasteiger partial charge in [-0.05, 0) is 11.1 Å². The number of carbonyl (C=O) groups excluding carboxylic acids is 2. The molecule has 1 amide bonds. The lowest BCUT2D eigenvalue weighted by molar-refractivity contribution is -0.166. The Morgan fingerprint density at radius 2 is 1.70 bits per heavy atom. The first-order valence-electron chi connectivity index (χ1n) is 8.78. The zero-order chi connectivity index (χ0) is 19.1. The van der Waals surface area contributed by atoms with Gasteiger partial charge in [0.15, 0.2) is 0 Å². The lowest BCUT2D eigenvalue weighted by Gasteiger charge is -2.23. The summed E-state index contributed by atoms with van der Waals surface area (Å²) in [5.41, 5.74) is 1.31. The minimum atomic E-state index is -1.18. The summed E-state index contributed by atoms with van der Waals surface area (Å²) >= 11 is 0. The number of carbonyl (C=O) groups is 2. The zero-order valence-corrected chi connectivity index (χ0v) is 15.2. The molecule has 27 heavy (non-hydrogen) atoms. The highest BCUT2D eigenvalue weighted by Gasteiger charge is 2.47. The molecule has 1 aliphatic rings. The Hall–Kier alpha value is -3.15. The SMILES string of the molecule is COC(=O)C1(Cc2ccccc2)CC(CNC(=O)Cc2ccccc2)=NO1. The summed E-state index contributed by atoms with van der Waals surface area (Å²) in [4.78, 5) is 30.0. The molecule has 0 saturated carbocycles. The molecule has 0 aliphatic carbocycles. The molecule has 0 spiro atoms. The number of hydrogen-bond acceptors (Lipinski definition) is 5. The maximum absolute atomic E-state index is 12.4. The molecular formula is C21H22N2O4. The standard InChI is InChI=1S/C21H22N2O4/c1-26-20(25)21(13-17-10-6-3-7-11-17)14-18(23-27-21)15-22-19(24)12-16-8-4-2-5-9-16/h2-11H,12-15H2,1H3,(H,22,24). The molecule has 0 radical (unpaired) electrons. The molecule has 0 saturated heterocycles. The van der Waals surface area contributed by atoms with E-state index in [9.17, 15) is 9.59 Å². The lowest BCUT2D eigenvalue weighted by Crippen LogP contribution is -2.43. The number of nitrogens with zero attached hydrogens (tertiary/aromatic N) is 1. The van der Waals surface area contributed by atoms with E-state index in [2.05, 4.69) is 10.5 Å². The molecule has 140 valence electrons. The van der Waals surface area contributed by atoms with Crippen LogP contribution in [0.4, 0.5) is 0 Å². The summed E-state index contributed by atoms with van der Waals surface area (Å²) in [5, 5.41) is 6.86. The van der Waals surface area contributed by atoms with Crippen LogP contribution in [0.3, 0.4) is 0 Å². The highest BCUT2D eigenvalue weighted by molar-refractivity contribution is 5.96. The molecular weight excluding hydrogens is 344 g/mol. The van der Waals surface area contributed by atoms with Crippen molar-refractivity contribution in [3.05, 3.63) is 71.8 Å². The Kier molecular flexibility index (Phi) is 5.86. The molecule has 1 atom stereocenters. The number of hydrogen-bond donors (Lipinski definition) is 1. The third-order valence-electron chi connectivity index (χ3n) is 4.43. The summed E-state index contributed by atoms with van der Waals surface area (Å²) in [6.45, 7) is 0.235. The first-order chi connectivity index (χ1) is 13.1. The smallest absolute Gasteiger partial charge is 0.353 e. The number of esters is 1. The summed E-state index contributed by atoms with van der Waals surface area (Å²) in [5.74, 6) is -0.580. The fourth-order valence-electron chi connectivity index (χ4n) is 3.07. The molecule has 0 aromatic heterocycles. The van der Waals surface area contributed by atoms with Gasteiger partial charge in [0.25, 0.3) is 0 Å². The van der Waals surface area contributed by atoms with Crippen LogP contribution in [0.5, 0.6) is 0 Å². The first kappa shape index (κ1) is 18.6. The average molecular weight is 366 g/mol. The van der Waals surface area contributed by atoms with Crippen molar-refractivity contribution in [3.63, 3.8) is 0 Å². The Morgan fingerprint density at radius 1 is 1.07 bits per heavy atom. The Bertz CT molecular complexity index is 821. The van der Waals surface area contributed by atoms with Crippen molar-refractivity contribution < 1.29 is 19.2 Å². The summed E-state index contributed by atoms with van der Waals surface area (Å²) < 4.78 is 4.94. The normalized spacial score (nSPS) is 18.3. The van der Waals surface area contributed by atoms with Crippen molar-refractivity contribution in [1.82, 2.24) is 5.32 Å². The van der Waals surface area contributed by atoms with Crippen LogP contribution >= 0.6 is 0 Å². The van der Waals surface area contributed by atoms with E-state index >= 15 is 0 Å². The maximum Gasteiger partial charge on any atom is 0.353 e. The predicted molar refractivity (Wildman–Crippen MR) is 101 cm³/mol. The maximum atomic E-state index is 12.4. The van der Waals surface area contributed by atoms with Crippen LogP contribution in [0.1, 0.15) is 17.5 Å². The van der Waals surface area contributed by atoms with E-state index in [-0.39, 0.29) is 18.9 Å². The fraction of sp³-hybridized carbons (Fsp3) is 0.286. The summed E-state index contributed by atoms with van der Waals surface area (Å²) in [7, 11) is 1.33. The van der Waals surface area contributed by atoms with Crippen LogP contribution in [0.25, 0.3) is 0 Å². The van der Waals surface area contributed by atoms with E-state index in [1.807, 2.05) is 60.7 Å². The van der Waals surface area contributed by atoms with Crippen molar-refractivity contribution >= 4 is 17.6 Å². The van der Waals surface area contributed by atoms with Crippen molar-refractivity contribution in [2.45, 2.75) is 24.9 Å². The van der Waals surface area contributed by atoms with E-state index in [4.69, 9.17) is 9.57 Å². The van der Waals surface area contributed by atoms with Crippen molar-refractivity contribution in [2.75, 3.05) is 13.7 Å². The zero-order valence-electron chi connectivity index (χ0n) is 15.2. The fourth-order valence-corrected chi connectivity index (χ4v) is 3.07. The average Bonchev–Trinajstić information content (AvgIpc) is 3.11. The molecule has 3 rings (SSSR count). The number of methoxy groups -OCH3 is 1. The van der Waals surface area contributed by atoms with Gasteiger partial charge in [-0.25, -0.2) is 4.79 Å². The second kappa shape index (κ2) is 8.49. The largest absolute Gasteiger partial charge is 0.466 e. The van der Waals surface area contributed by atoms with E-state index in [0.29, 0.717) is 18.6 Å². The lowest BCUT2D eigenvalue weighted by atomic mass is 9.89. The van der Waals surface area contributed by atoms with Gasteiger partial charge in [0, 0.05) is 12.8 Å². The van der Waals surface area contributed by atoms with Gasteiger partial charge in [-0.15, -0.1) is 0 Å². The van der Waals surface area contributed by atoms with Crippen molar-refractivity contribution in [1.29, 1.82) is 0 Å². The first-order valence-corrected chi connectivity index (χ1v) is 8.78. The monoisotopic (exact) mass is 366 g/mol. The molecule has 1 N–H and O–H groups in total. The topological polar surface area (TPSA) is 77.0 Å². The number of benzene rings is 2. The van der Waals surface area contributed by atoms with Crippen LogP contribution in [0, 0.1) is 0 Å². The quantitative estimate of drug-likeness (QED) is 0.763. The van der Waals surface area contributed by atoms with Gasteiger partial charge in [0.2, 0.25) is 11.5 Å². The molecule has 1 heterocycles. The minimum Gasteiger partial charge on any atom is -0.466 e. The van der Waals surface area contributed by atoms with Crippen LogP contribution in [-0.4, -0.2) is 36.8 Å². The van der Waals surface area contributed by atoms with Gasteiger partial charge in [0.05, 0.1) is 25.8 Å². The Morgan fingerprint density at radius 3 is 2.33 bits per heavy atom. The molecule has 2 aromatic rings. The third-order valence-corrected chi connectivity index (χ3v) is 4.43. The highest BCUT2D eigenvalue weighted by atomic mass is 16.7. The van der Waals surface area contributed by atoms with Crippen LogP contribution in [-0.2, 0) is 32.0 Å². The van der Waals surface area contributed by atoms with E-state index in [0.717, 1.165) is 11.1 Å². The number of nitrogens with one attached hydrogen (secondary N) is 1. The van der Waals surface area contributed by atoms with Crippen molar-refractivity contribution in [2.24, 2.45) is 5.16 Å². The molecule has 0 fully saturated rings. The summed E-state index contributed by atoms with van der Waals surface area (Å²) in [6.07, 6.45) is 0.923. The second-order valence-electron chi connectivity index (χ2n) is 6.51. The third kappa shape index (κ3) is 4.73. The molecule has 1 aliphatic heterocycles. The van der Waals surface area contributed by atoms with Gasteiger partial charge in [0.1, 0.15) is 0 Å². The van der Waals surface area contributed by atoms with Gasteiger partial charge in [-0.3, -0.25) is 4.79 Å². The van der Waals surface area contributed by atoms with Crippen molar-refractivity contribution in [3.8, 4) is 0 Å². The highest BCUT2D eigenvalue weighted by Crippen LogP contribution is 2.29. The van der Waals surface area contributed by atoms with Gasteiger partial charge in [-0.1, -0.05) is 65.8 Å². The number of rotatable bonds is 7. The molecule has 2 aromatic carbocycles. The number of amides is 1. The number of ether oxygens (including phenoxy) is 1. The predicted octanol–water partition coefficient (Wildman–Crippen LogP) is 2.28. The van der Waals surface area contributed by atoms with Crippen LogP contribution < -0.4 is 5.32 Å². The molecule has 1 unspecified atom stereocenters. The van der Waals surface area contributed by atoms with Crippen LogP contribution in [0.15, 0.2) is 65.8 Å². The van der Waals surface area contributed by atoms with E-state index in [1.54, 1.807) is 0 Å². The van der Waals surface area contributed by atoms with Gasteiger partial charge >= 0.3 is 5.97 Å². The molecule has 6 nitrogen and oxygen atoms in total. The van der Waals surface area contributed by atoms with E-state index in [1.165, 1.54) is 7.11 Å². The Balaban J connectivity index is 1.58. The minimum absolute atomic E-state index is 0.109. The van der Waals surface area contributed by atoms with Gasteiger partial charge in [-0.2, -0.15) is 0 Å². The number of oxime groups is 1.